The smallest absolute Gasteiger partial charge is 0.340 e. The van der Waals surface area contributed by atoms with E-state index < -0.39 is 5.97 Å². The zero-order chi connectivity index (χ0) is 17.4. The summed E-state index contributed by atoms with van der Waals surface area (Å²) in [6.07, 6.45) is 1.72. The highest BCUT2D eigenvalue weighted by atomic mass is 32.2. The molecule has 4 rings (SSSR count). The molecule has 3 heterocycles. The zero-order valence-electron chi connectivity index (χ0n) is 13.3. The number of hydrogen-bond acceptors (Lipinski definition) is 5. The van der Waals surface area contributed by atoms with Crippen LogP contribution in [0.3, 0.4) is 0 Å². The number of methoxy groups -OCH3 is 1. The van der Waals surface area contributed by atoms with E-state index in [4.69, 9.17) is 4.74 Å². The van der Waals surface area contributed by atoms with Crippen molar-refractivity contribution in [2.45, 2.75) is 4.90 Å². The fourth-order valence-corrected chi connectivity index (χ4v) is 4.73. The predicted octanol–water partition coefficient (Wildman–Crippen LogP) is 4.56. The molecule has 0 fully saturated rings. The molecule has 0 radical (unpaired) electrons. The first-order valence-corrected chi connectivity index (χ1v) is 9.31. The Bertz CT molecular complexity index is 1050. The summed E-state index contributed by atoms with van der Waals surface area (Å²) in [6, 6.07) is 13.0. The summed E-state index contributed by atoms with van der Waals surface area (Å²) in [6.45, 7) is 0. The van der Waals surface area contributed by atoms with Crippen molar-refractivity contribution in [2.24, 2.45) is 0 Å². The Balaban J connectivity index is 2.10. The Hall–Kier alpha value is -2.57. The maximum atomic E-state index is 13.1. The van der Waals surface area contributed by atoms with Gasteiger partial charge >= 0.3 is 5.97 Å². The summed E-state index contributed by atoms with van der Waals surface area (Å²) in [5, 5.41) is 3.82. The molecule has 2 aromatic heterocycles. The number of nitrogens with zero attached hydrogens (tertiary/aromatic N) is 1. The molecule has 0 bridgehead atoms. The Morgan fingerprint density at radius 3 is 2.72 bits per heavy atom. The average molecular weight is 367 g/mol. The van der Waals surface area contributed by atoms with Crippen molar-refractivity contribution < 1.29 is 9.53 Å². The van der Waals surface area contributed by atoms with Crippen LogP contribution in [0.2, 0.25) is 0 Å². The quantitative estimate of drug-likeness (QED) is 0.623. The highest BCUT2D eigenvalue weighted by Gasteiger charge is 2.25. The van der Waals surface area contributed by atoms with Crippen molar-refractivity contribution in [3.63, 3.8) is 0 Å². The van der Waals surface area contributed by atoms with Crippen LogP contribution in [0.25, 0.3) is 27.9 Å². The van der Waals surface area contributed by atoms with E-state index in [-0.39, 0.29) is 5.56 Å². The molecule has 1 aliphatic rings. The molecule has 0 saturated carbocycles. The highest BCUT2D eigenvalue weighted by Crippen LogP contribution is 2.41. The number of thioether (sulfide) groups is 1. The van der Waals surface area contributed by atoms with E-state index in [1.165, 1.54) is 30.2 Å². The van der Waals surface area contributed by atoms with Crippen LogP contribution in [-0.2, 0) is 4.74 Å². The minimum atomic E-state index is -0.458. The van der Waals surface area contributed by atoms with Crippen LogP contribution in [0.4, 0.5) is 0 Å². The third-order valence-corrected chi connectivity index (χ3v) is 5.88. The Morgan fingerprint density at radius 2 is 1.96 bits per heavy atom. The molecule has 0 amide bonds. The van der Waals surface area contributed by atoms with Crippen LogP contribution in [0.1, 0.15) is 10.4 Å². The van der Waals surface area contributed by atoms with E-state index in [2.05, 4.69) is 0 Å². The lowest BCUT2D eigenvalue weighted by Crippen LogP contribution is -2.22. The van der Waals surface area contributed by atoms with Crippen molar-refractivity contribution in [3.05, 3.63) is 69.2 Å². The van der Waals surface area contributed by atoms with Gasteiger partial charge in [-0.15, -0.1) is 11.3 Å². The second-order valence-electron chi connectivity index (χ2n) is 5.37. The molecule has 1 aromatic carbocycles. The van der Waals surface area contributed by atoms with Gasteiger partial charge in [-0.1, -0.05) is 42.1 Å². The Labute approximate surface area is 152 Å². The maximum absolute atomic E-state index is 13.1. The van der Waals surface area contributed by atoms with Crippen LogP contribution in [0.15, 0.2) is 62.9 Å². The largest absolute Gasteiger partial charge is 0.465 e. The first-order chi connectivity index (χ1) is 12.2. The van der Waals surface area contributed by atoms with Gasteiger partial charge in [0.15, 0.2) is 0 Å². The number of fused-ring (bicyclic) bond motifs is 3. The predicted molar refractivity (Wildman–Crippen MR) is 102 cm³/mol. The molecular weight excluding hydrogens is 354 g/mol. The number of pyridine rings is 1. The summed E-state index contributed by atoms with van der Waals surface area (Å²) in [5.74, 6) is -0.458. The summed E-state index contributed by atoms with van der Waals surface area (Å²) >= 11 is 3.03. The van der Waals surface area contributed by atoms with Gasteiger partial charge in [-0.2, -0.15) is 0 Å². The normalized spacial score (nSPS) is 12.2. The lowest BCUT2D eigenvalue weighted by Gasteiger charge is -2.14. The van der Waals surface area contributed by atoms with Crippen molar-refractivity contribution in [3.8, 4) is 21.7 Å². The molecule has 1 aliphatic heterocycles. The molecule has 4 nitrogen and oxygen atoms in total. The van der Waals surface area contributed by atoms with Crippen LogP contribution in [0.5, 0.6) is 0 Å². The minimum Gasteiger partial charge on any atom is -0.465 e. The average Bonchev–Trinajstić information content (AvgIpc) is 3.03. The molecule has 25 heavy (non-hydrogen) atoms. The number of carbonyl (C=O) groups excluding carboxylic acids is 1. The molecule has 0 N–H and O–H groups in total. The van der Waals surface area contributed by atoms with Crippen LogP contribution in [0, 0.1) is 0 Å². The van der Waals surface area contributed by atoms with E-state index in [9.17, 15) is 9.59 Å². The van der Waals surface area contributed by atoms with Gasteiger partial charge in [0, 0.05) is 16.7 Å². The fraction of sp³-hybridized carbons (Fsp3) is 0.0526. The van der Waals surface area contributed by atoms with Gasteiger partial charge in [-0.3, -0.25) is 9.36 Å². The number of rotatable bonds is 2. The molecule has 3 aromatic rings. The zero-order valence-corrected chi connectivity index (χ0v) is 14.9. The van der Waals surface area contributed by atoms with Gasteiger partial charge in [-0.05, 0) is 28.5 Å². The molecule has 0 aliphatic carbocycles. The van der Waals surface area contributed by atoms with E-state index in [0.29, 0.717) is 16.8 Å². The first kappa shape index (κ1) is 15.9. The van der Waals surface area contributed by atoms with Gasteiger partial charge in [0.2, 0.25) is 0 Å². The Kier molecular flexibility index (Phi) is 4.07. The van der Waals surface area contributed by atoms with Gasteiger partial charge in [0.1, 0.15) is 0 Å². The topological polar surface area (TPSA) is 48.3 Å². The third kappa shape index (κ3) is 2.63. The van der Waals surface area contributed by atoms with Crippen LogP contribution < -0.4 is 5.56 Å². The molecule has 6 heteroatoms. The molecule has 0 spiro atoms. The standard InChI is InChI=1S/C19H13NO3S2/c1-23-19(22)14-11-13(12-5-3-2-4-6-12)18(21)20-8-10-24-15-7-9-25-17(15)16(14)20/h2-11H,1H3. The lowest BCUT2D eigenvalue weighted by molar-refractivity contribution is 0.0601. The Morgan fingerprint density at radius 1 is 1.16 bits per heavy atom. The van der Waals surface area contributed by atoms with E-state index in [1.54, 1.807) is 16.8 Å². The maximum Gasteiger partial charge on any atom is 0.340 e. The summed E-state index contributed by atoms with van der Waals surface area (Å²) in [4.78, 5) is 27.5. The number of aromatic nitrogens is 1. The third-order valence-electron chi connectivity index (χ3n) is 3.97. The van der Waals surface area contributed by atoms with Gasteiger partial charge in [-0.25, -0.2) is 4.79 Å². The summed E-state index contributed by atoms with van der Waals surface area (Å²) in [7, 11) is 1.35. The number of ether oxygens (including phenoxy) is 1. The van der Waals surface area contributed by atoms with Crippen molar-refractivity contribution in [1.82, 2.24) is 4.57 Å². The summed E-state index contributed by atoms with van der Waals surface area (Å²) in [5.41, 5.74) is 2.05. The number of benzene rings is 1. The van der Waals surface area contributed by atoms with Gasteiger partial charge in [0.05, 0.1) is 23.2 Å². The molecule has 0 unspecified atom stereocenters. The molecule has 0 atom stereocenters. The van der Waals surface area contributed by atoms with Crippen LogP contribution >= 0.6 is 23.1 Å². The number of hydrogen-bond donors (Lipinski definition) is 0. The monoisotopic (exact) mass is 367 g/mol. The van der Waals surface area contributed by atoms with Crippen molar-refractivity contribution in [1.29, 1.82) is 0 Å². The highest BCUT2D eigenvalue weighted by molar-refractivity contribution is 8.02. The molecular formula is C19H13NO3S2. The lowest BCUT2D eigenvalue weighted by atomic mass is 10.0. The summed E-state index contributed by atoms with van der Waals surface area (Å²) < 4.78 is 6.53. The first-order valence-electron chi connectivity index (χ1n) is 7.55. The minimum absolute atomic E-state index is 0.160. The number of thiophene rings is 1. The van der Waals surface area contributed by atoms with Gasteiger partial charge < -0.3 is 4.74 Å². The second-order valence-corrected chi connectivity index (χ2v) is 7.23. The van der Waals surface area contributed by atoms with Crippen molar-refractivity contribution >= 4 is 35.3 Å². The second kappa shape index (κ2) is 6.38. The van der Waals surface area contributed by atoms with E-state index >= 15 is 0 Å². The number of esters is 1. The number of carbonyl (C=O) groups is 1. The fourth-order valence-electron chi connectivity index (χ4n) is 2.83. The van der Waals surface area contributed by atoms with E-state index in [0.717, 1.165) is 15.3 Å². The van der Waals surface area contributed by atoms with Gasteiger partial charge in [0.25, 0.3) is 5.56 Å². The van der Waals surface area contributed by atoms with Crippen molar-refractivity contribution in [2.75, 3.05) is 7.11 Å². The van der Waals surface area contributed by atoms with E-state index in [1.807, 2.05) is 47.2 Å². The molecule has 124 valence electrons. The molecule has 0 saturated heterocycles. The van der Waals surface area contributed by atoms with Crippen LogP contribution in [-0.4, -0.2) is 17.6 Å². The SMILES string of the molecule is COC(=O)c1cc(-c2ccccc2)c(=O)n2c1-c1sccc1SC=C2.